The number of fused-ring (bicyclic) bond motifs is 3. The molecule has 1 aliphatic rings. The Balaban J connectivity index is 1.76. The Labute approximate surface area is 147 Å². The Morgan fingerprint density at radius 2 is 2.00 bits per heavy atom. The standard InChI is InChI=1S/C21H22N2O2/c1-14-17-9-11-23(10-8-15-6-4-3-5-7-15)21(17)18-12-16(25-2)13-19(24)20(18)22-14/h3-7,12-13,24H,8-11H2,1-2H3. The Bertz CT molecular complexity index is 922. The number of anilines is 1. The molecule has 4 rings (SSSR count). The molecule has 0 unspecified atom stereocenters. The van der Waals surface area contributed by atoms with Gasteiger partial charge in [0.1, 0.15) is 17.0 Å². The maximum Gasteiger partial charge on any atom is 0.145 e. The molecule has 2 heterocycles. The number of pyridine rings is 1. The molecular formula is C21H22N2O2. The van der Waals surface area contributed by atoms with Crippen LogP contribution in [0, 0.1) is 6.92 Å². The van der Waals surface area contributed by atoms with Crippen LogP contribution < -0.4 is 9.64 Å². The van der Waals surface area contributed by atoms with Crippen LogP contribution in [0.3, 0.4) is 0 Å². The number of methoxy groups -OCH3 is 1. The molecule has 4 heteroatoms. The monoisotopic (exact) mass is 334 g/mol. The highest BCUT2D eigenvalue weighted by atomic mass is 16.5. The quantitative estimate of drug-likeness (QED) is 0.787. The van der Waals surface area contributed by atoms with E-state index < -0.39 is 0 Å². The van der Waals surface area contributed by atoms with Crippen molar-refractivity contribution in [2.45, 2.75) is 19.8 Å². The van der Waals surface area contributed by atoms with Gasteiger partial charge < -0.3 is 14.7 Å². The van der Waals surface area contributed by atoms with Crippen molar-refractivity contribution in [3.05, 3.63) is 59.3 Å². The van der Waals surface area contributed by atoms with Crippen LogP contribution in [0.25, 0.3) is 10.9 Å². The first-order valence-electron chi connectivity index (χ1n) is 8.66. The molecule has 3 aromatic rings. The molecule has 0 amide bonds. The van der Waals surface area contributed by atoms with Crippen LogP contribution in [-0.4, -0.2) is 30.3 Å². The maximum absolute atomic E-state index is 10.4. The lowest BCUT2D eigenvalue weighted by Crippen LogP contribution is -2.23. The number of hydrogen-bond acceptors (Lipinski definition) is 4. The lowest BCUT2D eigenvalue weighted by molar-refractivity contribution is 0.409. The van der Waals surface area contributed by atoms with Gasteiger partial charge in [-0.3, -0.25) is 0 Å². The first-order valence-corrected chi connectivity index (χ1v) is 8.66. The van der Waals surface area contributed by atoms with Crippen LogP contribution >= 0.6 is 0 Å². The van der Waals surface area contributed by atoms with E-state index in [0.717, 1.165) is 37.0 Å². The topological polar surface area (TPSA) is 45.6 Å². The van der Waals surface area contributed by atoms with Crippen molar-refractivity contribution < 1.29 is 9.84 Å². The van der Waals surface area contributed by atoms with Crippen LogP contribution in [0.4, 0.5) is 5.69 Å². The summed E-state index contributed by atoms with van der Waals surface area (Å²) in [4.78, 5) is 7.06. The Morgan fingerprint density at radius 1 is 1.20 bits per heavy atom. The molecule has 25 heavy (non-hydrogen) atoms. The number of nitrogens with zero attached hydrogens (tertiary/aromatic N) is 2. The average Bonchev–Trinajstić information content (AvgIpc) is 3.07. The van der Waals surface area contributed by atoms with Gasteiger partial charge in [-0.1, -0.05) is 30.3 Å². The summed E-state index contributed by atoms with van der Waals surface area (Å²) in [5.74, 6) is 0.836. The van der Waals surface area contributed by atoms with Gasteiger partial charge in [0.15, 0.2) is 0 Å². The van der Waals surface area contributed by atoms with Gasteiger partial charge in [-0.25, -0.2) is 4.98 Å². The van der Waals surface area contributed by atoms with Crippen LogP contribution in [0.15, 0.2) is 42.5 Å². The number of aromatic nitrogens is 1. The van der Waals surface area contributed by atoms with E-state index in [9.17, 15) is 5.11 Å². The highest BCUT2D eigenvalue weighted by molar-refractivity contribution is 5.99. The summed E-state index contributed by atoms with van der Waals surface area (Å²) in [5, 5.41) is 11.3. The van der Waals surface area contributed by atoms with Crippen molar-refractivity contribution in [2.24, 2.45) is 0 Å². The molecule has 0 saturated heterocycles. The lowest BCUT2D eigenvalue weighted by atomic mass is 10.1. The maximum atomic E-state index is 10.4. The number of aryl methyl sites for hydroxylation is 1. The van der Waals surface area contributed by atoms with E-state index >= 15 is 0 Å². The Hall–Kier alpha value is -2.75. The predicted molar refractivity (Wildman–Crippen MR) is 101 cm³/mol. The number of benzene rings is 2. The molecule has 2 aromatic carbocycles. The summed E-state index contributed by atoms with van der Waals surface area (Å²) in [6, 6.07) is 14.2. The molecule has 0 radical (unpaired) electrons. The SMILES string of the molecule is COc1cc(O)c2nc(C)c3c(c2c1)N(CCc1ccccc1)CC3. The highest BCUT2D eigenvalue weighted by Crippen LogP contribution is 2.41. The second kappa shape index (κ2) is 6.28. The van der Waals surface area contributed by atoms with Gasteiger partial charge in [0.2, 0.25) is 0 Å². The Morgan fingerprint density at radius 3 is 2.76 bits per heavy atom. The molecule has 0 atom stereocenters. The first kappa shape index (κ1) is 15.8. The number of aromatic hydroxyl groups is 1. The van der Waals surface area contributed by atoms with Gasteiger partial charge in [0.25, 0.3) is 0 Å². The normalized spacial score (nSPS) is 13.3. The molecule has 0 bridgehead atoms. The van der Waals surface area contributed by atoms with E-state index in [4.69, 9.17) is 4.74 Å². The molecule has 4 nitrogen and oxygen atoms in total. The smallest absolute Gasteiger partial charge is 0.145 e. The summed E-state index contributed by atoms with van der Waals surface area (Å²) >= 11 is 0. The number of rotatable bonds is 4. The van der Waals surface area contributed by atoms with E-state index in [1.165, 1.54) is 16.8 Å². The second-order valence-corrected chi connectivity index (χ2v) is 6.54. The predicted octanol–water partition coefficient (Wildman–Crippen LogP) is 3.86. The summed E-state index contributed by atoms with van der Waals surface area (Å²) in [7, 11) is 1.62. The second-order valence-electron chi connectivity index (χ2n) is 6.54. The summed E-state index contributed by atoms with van der Waals surface area (Å²) in [6.07, 6.45) is 2.00. The molecule has 1 aliphatic heterocycles. The van der Waals surface area contributed by atoms with E-state index in [1.807, 2.05) is 19.1 Å². The van der Waals surface area contributed by atoms with Gasteiger partial charge >= 0.3 is 0 Å². The van der Waals surface area contributed by atoms with Crippen molar-refractivity contribution in [2.75, 3.05) is 25.1 Å². The highest BCUT2D eigenvalue weighted by Gasteiger charge is 2.25. The third-order valence-corrected chi connectivity index (χ3v) is 5.02. The van der Waals surface area contributed by atoms with Gasteiger partial charge in [-0.15, -0.1) is 0 Å². The molecule has 128 valence electrons. The Kier molecular flexibility index (Phi) is 3.96. The van der Waals surface area contributed by atoms with Crippen LogP contribution in [0.1, 0.15) is 16.8 Å². The fraction of sp³-hybridized carbons (Fsp3) is 0.286. The fourth-order valence-electron chi connectivity index (χ4n) is 3.73. The minimum Gasteiger partial charge on any atom is -0.506 e. The zero-order valence-corrected chi connectivity index (χ0v) is 14.6. The van der Waals surface area contributed by atoms with Gasteiger partial charge in [-0.05, 0) is 37.0 Å². The zero-order valence-electron chi connectivity index (χ0n) is 14.6. The average molecular weight is 334 g/mol. The number of hydrogen-bond donors (Lipinski definition) is 1. The lowest BCUT2D eigenvalue weighted by Gasteiger charge is -2.22. The van der Waals surface area contributed by atoms with Crippen molar-refractivity contribution in [3.8, 4) is 11.5 Å². The minimum atomic E-state index is 0.176. The first-order chi connectivity index (χ1) is 12.2. The summed E-state index contributed by atoms with van der Waals surface area (Å²) in [5.41, 5.74) is 5.49. The largest absolute Gasteiger partial charge is 0.506 e. The third kappa shape index (κ3) is 2.78. The van der Waals surface area contributed by atoms with Crippen LogP contribution in [0.5, 0.6) is 11.5 Å². The number of phenolic OH excluding ortho intramolecular Hbond substituents is 1. The molecule has 0 aliphatic carbocycles. The van der Waals surface area contributed by atoms with Gasteiger partial charge in [0, 0.05) is 30.2 Å². The molecule has 1 N–H and O–H groups in total. The fourth-order valence-corrected chi connectivity index (χ4v) is 3.73. The van der Waals surface area contributed by atoms with Crippen molar-refractivity contribution in [3.63, 3.8) is 0 Å². The van der Waals surface area contributed by atoms with E-state index in [-0.39, 0.29) is 5.75 Å². The minimum absolute atomic E-state index is 0.176. The van der Waals surface area contributed by atoms with Crippen LogP contribution in [0.2, 0.25) is 0 Å². The van der Waals surface area contributed by atoms with Crippen LogP contribution in [-0.2, 0) is 12.8 Å². The molecule has 0 saturated carbocycles. The molecular weight excluding hydrogens is 312 g/mol. The summed E-state index contributed by atoms with van der Waals surface area (Å²) < 4.78 is 5.35. The van der Waals surface area contributed by atoms with Crippen molar-refractivity contribution in [1.82, 2.24) is 4.98 Å². The number of ether oxygens (including phenoxy) is 1. The van der Waals surface area contributed by atoms with Crippen molar-refractivity contribution in [1.29, 1.82) is 0 Å². The third-order valence-electron chi connectivity index (χ3n) is 5.02. The van der Waals surface area contributed by atoms with E-state index in [1.54, 1.807) is 13.2 Å². The summed E-state index contributed by atoms with van der Waals surface area (Å²) in [6.45, 7) is 3.97. The molecule has 1 aromatic heterocycles. The van der Waals surface area contributed by atoms with Crippen molar-refractivity contribution >= 4 is 16.6 Å². The zero-order chi connectivity index (χ0) is 17.4. The molecule has 0 spiro atoms. The molecule has 0 fully saturated rings. The number of phenols is 1. The van der Waals surface area contributed by atoms with E-state index in [2.05, 4.69) is 34.1 Å². The van der Waals surface area contributed by atoms with Gasteiger partial charge in [0.05, 0.1) is 12.8 Å². The van der Waals surface area contributed by atoms with Gasteiger partial charge in [-0.2, -0.15) is 0 Å². The van der Waals surface area contributed by atoms with E-state index in [0.29, 0.717) is 11.3 Å².